The second-order valence-corrected chi connectivity index (χ2v) is 5.01. The summed E-state index contributed by atoms with van der Waals surface area (Å²) in [6.07, 6.45) is 4.03. The molecule has 0 saturated heterocycles. The quantitative estimate of drug-likeness (QED) is 0.573. The fourth-order valence-electron chi connectivity index (χ4n) is 2.61. The summed E-state index contributed by atoms with van der Waals surface area (Å²) < 4.78 is 0. The third-order valence-electron chi connectivity index (χ3n) is 2.69. The normalized spacial score (nSPS) is 37.4. The minimum absolute atomic E-state index is 0.523. The van der Waals surface area contributed by atoms with E-state index in [1.54, 1.807) is 0 Å². The monoisotopic (exact) mass is 174 g/mol. The van der Waals surface area contributed by atoms with E-state index >= 15 is 0 Å². The van der Waals surface area contributed by atoms with Crippen LogP contribution in [0.4, 0.5) is 0 Å². The summed E-state index contributed by atoms with van der Waals surface area (Å²) in [5, 5.41) is 0. The number of hydrogen-bond donors (Lipinski definition) is 0. The average molecular weight is 175 g/mol. The fraction of sp³-hybridized carbons (Fsp3) is 1.00. The first-order valence-corrected chi connectivity index (χ1v) is 5.17. The number of hydrogen-bond acceptors (Lipinski definition) is 0. The molecule has 0 N–H and O–H groups in total. The predicted octanol–water partition coefficient (Wildman–Crippen LogP) is 3.69. The third-order valence-corrected chi connectivity index (χ3v) is 3.25. The maximum absolute atomic E-state index is 5.97. The van der Waals surface area contributed by atoms with Crippen LogP contribution in [0.3, 0.4) is 0 Å². The van der Waals surface area contributed by atoms with E-state index in [0.717, 1.165) is 17.7 Å². The Kier molecular flexibility index (Phi) is 2.85. The van der Waals surface area contributed by atoms with Crippen molar-refractivity contribution < 1.29 is 0 Å². The smallest absolute Gasteiger partial charge is 0.0280 e. The van der Waals surface area contributed by atoms with E-state index in [2.05, 4.69) is 20.8 Å². The molecule has 0 atom stereocenters. The van der Waals surface area contributed by atoms with Crippen molar-refractivity contribution >= 4 is 11.6 Å². The summed E-state index contributed by atoms with van der Waals surface area (Å²) in [6, 6.07) is 0. The molecule has 1 fully saturated rings. The molecule has 0 aromatic rings. The molecule has 1 aliphatic carbocycles. The van der Waals surface area contributed by atoms with Gasteiger partial charge in [0.15, 0.2) is 0 Å². The molecule has 0 spiro atoms. The standard InChI is InChI=1S/C10H19Cl/c1-8(2)4-10(7-11)5-9(3)6-10/h8-9H,4-7H2,1-3H3. The van der Waals surface area contributed by atoms with Crippen molar-refractivity contribution in [2.24, 2.45) is 17.3 Å². The van der Waals surface area contributed by atoms with Gasteiger partial charge in [0.05, 0.1) is 0 Å². The molecule has 11 heavy (non-hydrogen) atoms. The van der Waals surface area contributed by atoms with Crippen LogP contribution in [0.2, 0.25) is 0 Å². The molecule has 0 nitrogen and oxygen atoms in total. The van der Waals surface area contributed by atoms with Crippen LogP contribution in [0.5, 0.6) is 0 Å². The lowest BCUT2D eigenvalue weighted by atomic mass is 9.60. The summed E-state index contributed by atoms with van der Waals surface area (Å²) in [4.78, 5) is 0. The van der Waals surface area contributed by atoms with Gasteiger partial charge in [-0.25, -0.2) is 0 Å². The van der Waals surface area contributed by atoms with Crippen LogP contribution in [-0.2, 0) is 0 Å². The van der Waals surface area contributed by atoms with Crippen LogP contribution in [-0.4, -0.2) is 5.88 Å². The summed E-state index contributed by atoms with van der Waals surface area (Å²) in [6.45, 7) is 6.90. The van der Waals surface area contributed by atoms with E-state index in [9.17, 15) is 0 Å². The van der Waals surface area contributed by atoms with E-state index in [1.807, 2.05) is 0 Å². The van der Waals surface area contributed by atoms with Crippen molar-refractivity contribution in [3.63, 3.8) is 0 Å². The zero-order chi connectivity index (χ0) is 8.48. The summed E-state index contributed by atoms with van der Waals surface area (Å²) in [5.41, 5.74) is 0.523. The molecular formula is C10H19Cl. The fourth-order valence-corrected chi connectivity index (χ4v) is 2.94. The molecule has 1 rings (SSSR count). The molecule has 0 bridgehead atoms. The Morgan fingerprint density at radius 1 is 1.45 bits per heavy atom. The van der Waals surface area contributed by atoms with Crippen molar-refractivity contribution in [3.8, 4) is 0 Å². The Bertz CT molecular complexity index is 123. The van der Waals surface area contributed by atoms with Gasteiger partial charge in [-0.05, 0) is 36.5 Å². The molecule has 0 aromatic heterocycles. The summed E-state index contributed by atoms with van der Waals surface area (Å²) in [5.74, 6) is 2.60. The van der Waals surface area contributed by atoms with E-state index in [1.165, 1.54) is 19.3 Å². The van der Waals surface area contributed by atoms with Crippen molar-refractivity contribution in [2.75, 3.05) is 5.88 Å². The first-order valence-electron chi connectivity index (χ1n) is 4.64. The van der Waals surface area contributed by atoms with Crippen LogP contribution >= 0.6 is 11.6 Å². The summed E-state index contributed by atoms with van der Waals surface area (Å²) >= 11 is 5.97. The van der Waals surface area contributed by atoms with Gasteiger partial charge in [0.2, 0.25) is 0 Å². The number of rotatable bonds is 3. The van der Waals surface area contributed by atoms with Gasteiger partial charge in [-0.2, -0.15) is 0 Å². The van der Waals surface area contributed by atoms with Gasteiger partial charge in [0.1, 0.15) is 0 Å². The number of alkyl halides is 1. The first kappa shape index (κ1) is 9.38. The second-order valence-electron chi connectivity index (χ2n) is 4.75. The average Bonchev–Trinajstić information content (AvgIpc) is 1.82. The zero-order valence-electron chi connectivity index (χ0n) is 7.86. The lowest BCUT2D eigenvalue weighted by molar-refractivity contribution is 0.0667. The molecule has 66 valence electrons. The van der Waals surface area contributed by atoms with Crippen molar-refractivity contribution in [1.29, 1.82) is 0 Å². The highest BCUT2D eigenvalue weighted by Crippen LogP contribution is 2.50. The SMILES string of the molecule is CC(C)CC1(CCl)CC(C)C1. The van der Waals surface area contributed by atoms with Gasteiger partial charge in [-0.1, -0.05) is 20.8 Å². The minimum Gasteiger partial charge on any atom is -0.126 e. The lowest BCUT2D eigenvalue weighted by Crippen LogP contribution is -2.38. The molecule has 1 saturated carbocycles. The first-order chi connectivity index (χ1) is 5.08. The Hall–Kier alpha value is 0.290. The molecule has 1 aliphatic rings. The highest BCUT2D eigenvalue weighted by molar-refractivity contribution is 6.18. The highest BCUT2D eigenvalue weighted by atomic mass is 35.5. The molecular weight excluding hydrogens is 156 g/mol. The van der Waals surface area contributed by atoms with Crippen molar-refractivity contribution in [1.82, 2.24) is 0 Å². The van der Waals surface area contributed by atoms with E-state index in [4.69, 9.17) is 11.6 Å². The predicted molar refractivity (Wildman–Crippen MR) is 51.0 cm³/mol. The van der Waals surface area contributed by atoms with Crippen LogP contribution in [0.1, 0.15) is 40.0 Å². The maximum Gasteiger partial charge on any atom is 0.0280 e. The van der Waals surface area contributed by atoms with E-state index < -0.39 is 0 Å². The Morgan fingerprint density at radius 3 is 2.27 bits per heavy atom. The Balaban J connectivity index is 2.38. The number of halogens is 1. The van der Waals surface area contributed by atoms with Crippen LogP contribution in [0.25, 0.3) is 0 Å². The van der Waals surface area contributed by atoms with Crippen molar-refractivity contribution in [2.45, 2.75) is 40.0 Å². The van der Waals surface area contributed by atoms with Gasteiger partial charge in [0.25, 0.3) is 0 Å². The maximum atomic E-state index is 5.97. The van der Waals surface area contributed by atoms with Gasteiger partial charge >= 0.3 is 0 Å². The molecule has 0 radical (unpaired) electrons. The topological polar surface area (TPSA) is 0 Å². The highest BCUT2D eigenvalue weighted by Gasteiger charge is 2.41. The van der Waals surface area contributed by atoms with Crippen LogP contribution in [0, 0.1) is 17.3 Å². The molecule has 0 amide bonds. The Labute approximate surface area is 75.3 Å². The van der Waals surface area contributed by atoms with Gasteiger partial charge in [0, 0.05) is 5.88 Å². The summed E-state index contributed by atoms with van der Waals surface area (Å²) in [7, 11) is 0. The molecule has 0 aromatic carbocycles. The molecule has 0 heterocycles. The largest absolute Gasteiger partial charge is 0.126 e. The lowest BCUT2D eigenvalue weighted by Gasteiger charge is -2.46. The van der Waals surface area contributed by atoms with Gasteiger partial charge in [-0.3, -0.25) is 0 Å². The molecule has 1 heteroatoms. The second kappa shape index (κ2) is 3.35. The molecule has 0 aliphatic heterocycles. The molecule has 0 unspecified atom stereocenters. The van der Waals surface area contributed by atoms with Crippen molar-refractivity contribution in [3.05, 3.63) is 0 Å². The van der Waals surface area contributed by atoms with Gasteiger partial charge < -0.3 is 0 Å². The van der Waals surface area contributed by atoms with Gasteiger partial charge in [-0.15, -0.1) is 11.6 Å². The van der Waals surface area contributed by atoms with E-state index in [-0.39, 0.29) is 0 Å². The van der Waals surface area contributed by atoms with E-state index in [0.29, 0.717) is 5.41 Å². The Morgan fingerprint density at radius 2 is 2.00 bits per heavy atom. The zero-order valence-corrected chi connectivity index (χ0v) is 8.62. The van der Waals surface area contributed by atoms with Crippen LogP contribution < -0.4 is 0 Å². The minimum atomic E-state index is 0.523. The van der Waals surface area contributed by atoms with Crippen LogP contribution in [0.15, 0.2) is 0 Å². The third kappa shape index (κ3) is 2.11.